The number of carbonyl (C=O) groups is 3. The average molecular weight is 428 g/mol. The van der Waals surface area contributed by atoms with Gasteiger partial charge in [0.15, 0.2) is 0 Å². The van der Waals surface area contributed by atoms with Gasteiger partial charge in [-0.15, -0.1) is 0 Å². The molecule has 3 rings (SSSR count). The van der Waals surface area contributed by atoms with Crippen molar-refractivity contribution in [3.05, 3.63) is 29.8 Å². The van der Waals surface area contributed by atoms with E-state index in [1.165, 1.54) is 5.56 Å². The van der Waals surface area contributed by atoms with E-state index in [-0.39, 0.29) is 23.8 Å². The number of urea groups is 1. The van der Waals surface area contributed by atoms with Crippen LogP contribution in [0.25, 0.3) is 0 Å². The number of anilines is 1. The van der Waals surface area contributed by atoms with Gasteiger partial charge in [0, 0.05) is 5.69 Å². The maximum Gasteiger partial charge on any atom is 0.325 e. The topological polar surface area (TPSA) is 78.5 Å². The van der Waals surface area contributed by atoms with Crippen molar-refractivity contribution in [2.45, 2.75) is 84.6 Å². The third-order valence-corrected chi connectivity index (χ3v) is 7.78. The Kier molecular flexibility index (Phi) is 6.77. The van der Waals surface area contributed by atoms with E-state index in [4.69, 9.17) is 0 Å². The molecular weight excluding hydrogens is 390 g/mol. The Bertz CT molecular complexity index is 823. The van der Waals surface area contributed by atoms with Gasteiger partial charge in [-0.05, 0) is 67.1 Å². The van der Waals surface area contributed by atoms with Gasteiger partial charge in [0.1, 0.15) is 12.1 Å². The summed E-state index contributed by atoms with van der Waals surface area (Å²) in [6.07, 6.45) is 5.25. The molecule has 4 amide bonds. The van der Waals surface area contributed by atoms with Crippen LogP contribution in [0.15, 0.2) is 24.3 Å². The Labute approximate surface area is 186 Å². The standard InChI is InChI=1S/C25H37N3O3/c1-6-17(3)18-8-10-20(11-9-18)26-21(29)16-28-22(30)25(27-23(28)31)14-12-19(13-15-25)24(4,5)7-2/h8-11,17,19H,6-7,12-16H2,1-5H3,(H,26,29)(H,27,31). The molecule has 6 nitrogen and oxygen atoms in total. The van der Waals surface area contributed by atoms with Gasteiger partial charge in [0.25, 0.3) is 5.91 Å². The monoisotopic (exact) mass is 427 g/mol. The molecule has 0 radical (unpaired) electrons. The summed E-state index contributed by atoms with van der Waals surface area (Å²) >= 11 is 0. The quantitative estimate of drug-likeness (QED) is 0.597. The van der Waals surface area contributed by atoms with Crippen molar-refractivity contribution in [1.82, 2.24) is 10.2 Å². The van der Waals surface area contributed by atoms with Crippen LogP contribution in [0, 0.1) is 11.3 Å². The Morgan fingerprint density at radius 2 is 1.81 bits per heavy atom. The molecule has 1 aliphatic carbocycles. The maximum absolute atomic E-state index is 13.1. The van der Waals surface area contributed by atoms with Crippen LogP contribution in [0.2, 0.25) is 0 Å². The molecule has 1 unspecified atom stereocenters. The number of carbonyl (C=O) groups excluding carboxylic acids is 3. The lowest BCUT2D eigenvalue weighted by molar-refractivity contribution is -0.135. The second kappa shape index (κ2) is 9.01. The number of imide groups is 1. The highest BCUT2D eigenvalue weighted by molar-refractivity contribution is 6.10. The first-order valence-electron chi connectivity index (χ1n) is 11.7. The number of benzene rings is 1. The molecule has 2 fully saturated rings. The molecule has 1 saturated heterocycles. The molecule has 2 N–H and O–H groups in total. The van der Waals surface area contributed by atoms with Gasteiger partial charge < -0.3 is 10.6 Å². The van der Waals surface area contributed by atoms with Crippen LogP contribution in [-0.2, 0) is 9.59 Å². The first kappa shape index (κ1) is 23.3. The van der Waals surface area contributed by atoms with Crippen molar-refractivity contribution in [2.75, 3.05) is 11.9 Å². The normalized spacial score (nSPS) is 24.9. The maximum atomic E-state index is 13.1. The van der Waals surface area contributed by atoms with E-state index in [2.05, 4.69) is 45.3 Å². The summed E-state index contributed by atoms with van der Waals surface area (Å²) < 4.78 is 0. The van der Waals surface area contributed by atoms with Crippen molar-refractivity contribution >= 4 is 23.5 Å². The second-order valence-electron chi connectivity index (χ2n) is 10.00. The lowest BCUT2D eigenvalue weighted by Gasteiger charge is -2.42. The van der Waals surface area contributed by atoms with Crippen molar-refractivity contribution in [3.63, 3.8) is 0 Å². The molecular formula is C25H37N3O3. The first-order chi connectivity index (χ1) is 14.6. The summed E-state index contributed by atoms with van der Waals surface area (Å²) in [5.74, 6) is 0.388. The molecule has 0 bridgehead atoms. The Balaban J connectivity index is 1.59. The number of rotatable bonds is 7. The van der Waals surface area contributed by atoms with Gasteiger partial charge in [-0.1, -0.05) is 53.2 Å². The molecule has 0 aromatic heterocycles. The molecule has 1 heterocycles. The number of nitrogens with zero attached hydrogens (tertiary/aromatic N) is 1. The summed E-state index contributed by atoms with van der Waals surface area (Å²) in [5.41, 5.74) is 1.28. The smallest absolute Gasteiger partial charge is 0.325 e. The van der Waals surface area contributed by atoms with Crippen LogP contribution in [-0.4, -0.2) is 34.8 Å². The molecule has 1 spiro atoms. The number of hydrogen-bond acceptors (Lipinski definition) is 3. The molecule has 170 valence electrons. The minimum absolute atomic E-state index is 0.233. The molecule has 2 aliphatic rings. The highest BCUT2D eigenvalue weighted by Crippen LogP contribution is 2.45. The molecule has 6 heteroatoms. The van der Waals surface area contributed by atoms with E-state index < -0.39 is 11.6 Å². The van der Waals surface area contributed by atoms with Crippen LogP contribution in [0.5, 0.6) is 0 Å². The van der Waals surface area contributed by atoms with Crippen LogP contribution < -0.4 is 10.6 Å². The predicted molar refractivity (Wildman–Crippen MR) is 123 cm³/mol. The SMILES string of the molecule is CCC(C)c1ccc(NC(=O)CN2C(=O)NC3(CCC(C(C)(C)CC)CC3)C2=O)cc1. The second-order valence-corrected chi connectivity index (χ2v) is 10.00. The molecule has 1 saturated carbocycles. The summed E-state index contributed by atoms with van der Waals surface area (Å²) in [7, 11) is 0. The Hall–Kier alpha value is -2.37. The fourth-order valence-corrected chi connectivity index (χ4v) is 4.81. The summed E-state index contributed by atoms with van der Waals surface area (Å²) in [4.78, 5) is 39.3. The zero-order valence-corrected chi connectivity index (χ0v) is 19.6. The first-order valence-corrected chi connectivity index (χ1v) is 11.7. The van der Waals surface area contributed by atoms with Crippen molar-refractivity contribution in [2.24, 2.45) is 11.3 Å². The Morgan fingerprint density at radius 1 is 1.19 bits per heavy atom. The summed E-state index contributed by atoms with van der Waals surface area (Å²) in [6, 6.07) is 7.28. The van der Waals surface area contributed by atoms with Crippen molar-refractivity contribution < 1.29 is 14.4 Å². The van der Waals surface area contributed by atoms with Crippen molar-refractivity contribution in [3.8, 4) is 0 Å². The van der Waals surface area contributed by atoms with Crippen LogP contribution in [0.4, 0.5) is 10.5 Å². The van der Waals surface area contributed by atoms with E-state index in [1.807, 2.05) is 24.3 Å². The third kappa shape index (κ3) is 4.78. The zero-order chi connectivity index (χ0) is 22.8. The van der Waals surface area contributed by atoms with E-state index >= 15 is 0 Å². The highest BCUT2D eigenvalue weighted by Gasteiger charge is 2.53. The van der Waals surface area contributed by atoms with Gasteiger partial charge in [0.2, 0.25) is 5.91 Å². The molecule has 1 aromatic carbocycles. The fraction of sp³-hybridized carbons (Fsp3) is 0.640. The van der Waals surface area contributed by atoms with Gasteiger partial charge in [-0.3, -0.25) is 14.5 Å². The summed E-state index contributed by atoms with van der Waals surface area (Å²) in [5, 5.41) is 5.72. The molecule has 1 atom stereocenters. The van der Waals surface area contributed by atoms with Gasteiger partial charge in [0.05, 0.1) is 0 Å². The average Bonchev–Trinajstić information content (AvgIpc) is 2.98. The van der Waals surface area contributed by atoms with Crippen molar-refractivity contribution in [1.29, 1.82) is 0 Å². The van der Waals surface area contributed by atoms with Gasteiger partial charge in [-0.2, -0.15) is 0 Å². The van der Waals surface area contributed by atoms with Gasteiger partial charge >= 0.3 is 6.03 Å². The van der Waals surface area contributed by atoms with E-state index in [0.717, 1.165) is 30.6 Å². The number of hydrogen-bond donors (Lipinski definition) is 2. The van der Waals surface area contributed by atoms with E-state index in [1.54, 1.807) is 0 Å². The lowest BCUT2D eigenvalue weighted by Crippen LogP contribution is -2.51. The highest BCUT2D eigenvalue weighted by atomic mass is 16.2. The molecule has 1 aromatic rings. The fourth-order valence-electron chi connectivity index (χ4n) is 4.81. The minimum atomic E-state index is -0.838. The lowest BCUT2D eigenvalue weighted by atomic mass is 9.65. The minimum Gasteiger partial charge on any atom is -0.325 e. The number of amides is 4. The van der Waals surface area contributed by atoms with E-state index in [0.29, 0.717) is 30.4 Å². The summed E-state index contributed by atoms with van der Waals surface area (Å²) in [6.45, 7) is 10.8. The number of nitrogens with one attached hydrogen (secondary N) is 2. The Morgan fingerprint density at radius 3 is 2.35 bits per heavy atom. The van der Waals surface area contributed by atoms with Crippen LogP contribution in [0.3, 0.4) is 0 Å². The molecule has 1 aliphatic heterocycles. The van der Waals surface area contributed by atoms with Gasteiger partial charge in [-0.25, -0.2) is 4.79 Å². The third-order valence-electron chi connectivity index (χ3n) is 7.78. The largest absolute Gasteiger partial charge is 0.325 e. The van der Waals surface area contributed by atoms with Crippen LogP contribution >= 0.6 is 0 Å². The van der Waals surface area contributed by atoms with E-state index in [9.17, 15) is 14.4 Å². The predicted octanol–water partition coefficient (Wildman–Crippen LogP) is 5.06. The zero-order valence-electron chi connectivity index (χ0n) is 19.6. The van der Waals surface area contributed by atoms with Crippen LogP contribution in [0.1, 0.15) is 84.6 Å². The molecule has 31 heavy (non-hydrogen) atoms.